The van der Waals surface area contributed by atoms with Gasteiger partial charge in [-0.1, -0.05) is 107 Å². The van der Waals surface area contributed by atoms with Crippen LogP contribution in [0.25, 0.3) is 0 Å². The fraction of sp³-hybridized carbons (Fsp3) is 0.800. The van der Waals surface area contributed by atoms with Gasteiger partial charge in [-0.05, 0) is 96.3 Å². The van der Waals surface area contributed by atoms with E-state index in [9.17, 15) is 4.79 Å². The molecule has 4 atom stereocenters. The Bertz CT molecular complexity index is 1050. The highest BCUT2D eigenvalue weighted by atomic mass is 31.2. The molecular formula is C45H90NO7P. The van der Waals surface area contributed by atoms with Gasteiger partial charge in [0.25, 0.3) is 6.47 Å². The van der Waals surface area contributed by atoms with Crippen LogP contribution in [0.5, 0.6) is 0 Å². The second kappa shape index (κ2) is 30.7. The van der Waals surface area contributed by atoms with Gasteiger partial charge in [-0.3, -0.25) is 9.63 Å². The van der Waals surface area contributed by atoms with Crippen LogP contribution in [0.4, 0.5) is 0 Å². The topological polar surface area (TPSA) is 75.7 Å². The monoisotopic (exact) mass is 788 g/mol. The quantitative estimate of drug-likeness (QED) is 0.125. The standard InChI is InChI=1S/C21H35NO2.C10H23O2P.C6H12.C3H6O2.C3H8O.C2H6/c1-10-19-21(7,8)18-13-16(14(2)23-9)11-12-17(18)15(3)24-22(19)20(4,5)6;1-7-11-13(12-8-2)9(3)10(4,5)6;1-5-6(2,3)4;1-2-5-3-4;1-3-4-2;1-2/h11-15,19H,10H2,1-9H3;9H,7-8H2,1-6H3;5H,1H2,2-4H3;3H,2H2,1H3;3H2,1-2H3;1-2H3. The lowest BCUT2D eigenvalue weighted by molar-refractivity contribution is -0.268. The second-order valence-corrected chi connectivity index (χ2v) is 18.3. The first-order valence-corrected chi connectivity index (χ1v) is 21.5. The van der Waals surface area contributed by atoms with Gasteiger partial charge in [-0.15, -0.1) is 6.58 Å². The molecule has 0 aliphatic carbocycles. The summed E-state index contributed by atoms with van der Waals surface area (Å²) in [6, 6.07) is 7.05. The second-order valence-electron chi connectivity index (χ2n) is 16.5. The molecule has 2 rings (SSSR count). The molecule has 0 amide bonds. The summed E-state index contributed by atoms with van der Waals surface area (Å²) in [5.41, 5.74) is 4.89. The molecular weight excluding hydrogens is 697 g/mol. The Balaban J connectivity index is -0.000000348. The minimum absolute atomic E-state index is 0.00834. The van der Waals surface area contributed by atoms with Gasteiger partial charge in [-0.2, -0.15) is 5.06 Å². The van der Waals surface area contributed by atoms with Crippen LogP contribution in [0.3, 0.4) is 0 Å². The van der Waals surface area contributed by atoms with Gasteiger partial charge in [0.05, 0.1) is 25.9 Å². The Kier molecular flexibility index (Phi) is 33.7. The molecule has 1 aliphatic rings. The van der Waals surface area contributed by atoms with Crippen LogP contribution in [0, 0.1) is 10.8 Å². The van der Waals surface area contributed by atoms with Gasteiger partial charge in [0.15, 0.2) is 8.38 Å². The number of methoxy groups -OCH3 is 2. The van der Waals surface area contributed by atoms with E-state index in [1.54, 1.807) is 21.1 Å². The van der Waals surface area contributed by atoms with E-state index in [1.165, 1.54) is 16.7 Å². The number of fused-ring (bicyclic) bond motifs is 1. The summed E-state index contributed by atoms with van der Waals surface area (Å²) >= 11 is 0. The van der Waals surface area contributed by atoms with Gasteiger partial charge in [-0.25, -0.2) is 0 Å². The zero-order valence-corrected chi connectivity index (χ0v) is 40.6. The van der Waals surface area contributed by atoms with Gasteiger partial charge in [0.2, 0.25) is 0 Å². The molecule has 0 radical (unpaired) electrons. The zero-order chi connectivity index (χ0) is 43.5. The Morgan fingerprint density at radius 3 is 1.63 bits per heavy atom. The van der Waals surface area contributed by atoms with E-state index in [4.69, 9.17) is 18.6 Å². The molecule has 54 heavy (non-hydrogen) atoms. The number of hydroxylamine groups is 2. The summed E-state index contributed by atoms with van der Waals surface area (Å²) in [5.74, 6) is 0. The highest BCUT2D eigenvalue weighted by molar-refractivity contribution is 7.48. The molecule has 322 valence electrons. The van der Waals surface area contributed by atoms with Crippen molar-refractivity contribution in [3.05, 3.63) is 47.5 Å². The number of allylic oxidation sites excluding steroid dienone is 1. The number of nitrogens with zero attached hydrogens (tertiary/aromatic N) is 1. The molecule has 0 aromatic heterocycles. The predicted octanol–water partition coefficient (Wildman–Crippen LogP) is 13.4. The zero-order valence-electron chi connectivity index (χ0n) is 39.7. The van der Waals surface area contributed by atoms with Gasteiger partial charge < -0.3 is 23.3 Å². The lowest BCUT2D eigenvalue weighted by atomic mass is 9.73. The number of hydrogen-bond donors (Lipinski definition) is 0. The van der Waals surface area contributed by atoms with E-state index >= 15 is 0 Å². The summed E-state index contributed by atoms with van der Waals surface area (Å²) in [4.78, 5) is 15.7. The molecule has 1 aromatic carbocycles. The average molecular weight is 788 g/mol. The van der Waals surface area contributed by atoms with Crippen molar-refractivity contribution in [2.45, 2.75) is 187 Å². The number of benzene rings is 1. The molecule has 0 bridgehead atoms. The van der Waals surface area contributed by atoms with E-state index in [0.717, 1.165) is 26.2 Å². The first-order valence-electron chi connectivity index (χ1n) is 20.2. The van der Waals surface area contributed by atoms with Crippen LogP contribution in [0.1, 0.15) is 181 Å². The van der Waals surface area contributed by atoms with Gasteiger partial charge >= 0.3 is 0 Å². The summed E-state index contributed by atoms with van der Waals surface area (Å²) in [6.07, 6.45) is 3.12. The summed E-state index contributed by atoms with van der Waals surface area (Å²) in [7, 11) is 2.74. The van der Waals surface area contributed by atoms with Crippen LogP contribution in [-0.2, 0) is 38.3 Å². The number of carbonyl (C=O) groups excluding carboxylic acids is 1. The minimum Gasteiger partial charge on any atom is -0.468 e. The molecule has 1 heterocycles. The molecule has 0 fully saturated rings. The number of rotatable bonds is 11. The average Bonchev–Trinajstić information content (AvgIpc) is 3.19. The summed E-state index contributed by atoms with van der Waals surface area (Å²) in [6.45, 7) is 51.8. The van der Waals surface area contributed by atoms with Crippen molar-refractivity contribution in [1.82, 2.24) is 5.06 Å². The largest absolute Gasteiger partial charge is 0.468 e. The van der Waals surface area contributed by atoms with Crippen molar-refractivity contribution < 1.29 is 32.9 Å². The Hall–Kier alpha value is -1.38. The fourth-order valence-corrected chi connectivity index (χ4v) is 6.51. The third-order valence-electron chi connectivity index (χ3n) is 8.69. The normalized spacial score (nSPS) is 17.6. The molecule has 1 aromatic rings. The first-order chi connectivity index (χ1) is 24.9. The van der Waals surface area contributed by atoms with E-state index < -0.39 is 8.38 Å². The van der Waals surface area contributed by atoms with E-state index in [-0.39, 0.29) is 28.6 Å². The Morgan fingerprint density at radius 2 is 1.35 bits per heavy atom. The van der Waals surface area contributed by atoms with E-state index in [1.807, 2.05) is 40.7 Å². The molecule has 0 saturated carbocycles. The highest BCUT2D eigenvalue weighted by Gasteiger charge is 2.45. The molecule has 0 saturated heterocycles. The summed E-state index contributed by atoms with van der Waals surface area (Å²) < 4.78 is 25.5. The third kappa shape index (κ3) is 24.3. The maximum absolute atomic E-state index is 9.18. The number of hydrogen-bond acceptors (Lipinski definition) is 8. The molecule has 0 spiro atoms. The van der Waals surface area contributed by atoms with Crippen molar-refractivity contribution in [3.63, 3.8) is 0 Å². The molecule has 8 nitrogen and oxygen atoms in total. The number of carbonyl (C=O) groups is 1. The molecule has 4 unspecified atom stereocenters. The molecule has 1 aliphatic heterocycles. The van der Waals surface area contributed by atoms with Crippen LogP contribution >= 0.6 is 8.38 Å². The summed E-state index contributed by atoms with van der Waals surface area (Å²) in [5, 5.41) is 2.23. The third-order valence-corrected chi connectivity index (χ3v) is 11.1. The SMILES string of the molecule is C=CC(C)(C)C.CC.CCC1N(C(C)(C)C)OC(C)c2ccc(C(C)OC)cc2C1(C)C.CCOC.CCOC=O.CCOP(OCC)C(C)C(C)(C)C. The highest BCUT2D eigenvalue weighted by Crippen LogP contribution is 2.50. The van der Waals surface area contributed by atoms with E-state index in [2.05, 4.69) is 143 Å². The van der Waals surface area contributed by atoms with Crippen molar-refractivity contribution in [1.29, 1.82) is 0 Å². The Morgan fingerprint density at radius 1 is 0.889 bits per heavy atom. The predicted molar refractivity (Wildman–Crippen MR) is 235 cm³/mol. The Labute approximate surface area is 337 Å². The smallest absolute Gasteiger partial charge is 0.293 e. The van der Waals surface area contributed by atoms with Crippen molar-refractivity contribution in [3.8, 4) is 0 Å². The molecule has 0 N–H and O–H groups in total. The van der Waals surface area contributed by atoms with Crippen LogP contribution in [0.15, 0.2) is 30.9 Å². The lowest BCUT2D eigenvalue weighted by Gasteiger charge is -2.45. The maximum Gasteiger partial charge on any atom is 0.293 e. The number of ether oxygens (including phenoxy) is 3. The van der Waals surface area contributed by atoms with Crippen LogP contribution in [-0.4, -0.2) is 69.4 Å². The maximum atomic E-state index is 9.18. The van der Waals surface area contributed by atoms with Crippen LogP contribution < -0.4 is 0 Å². The van der Waals surface area contributed by atoms with Crippen LogP contribution in [0.2, 0.25) is 0 Å². The minimum atomic E-state index is -0.710. The first kappa shape index (κ1) is 59.3. The molecule has 9 heteroatoms. The fourth-order valence-electron chi connectivity index (χ4n) is 4.85. The van der Waals surface area contributed by atoms with Crippen molar-refractivity contribution >= 4 is 14.8 Å². The van der Waals surface area contributed by atoms with Gasteiger partial charge in [0, 0.05) is 43.5 Å². The van der Waals surface area contributed by atoms with E-state index in [0.29, 0.717) is 30.2 Å². The van der Waals surface area contributed by atoms with Crippen molar-refractivity contribution in [2.75, 3.05) is 40.6 Å². The van der Waals surface area contributed by atoms with Gasteiger partial charge in [0.1, 0.15) is 6.10 Å². The lowest BCUT2D eigenvalue weighted by Crippen LogP contribution is -2.53. The van der Waals surface area contributed by atoms with Crippen molar-refractivity contribution in [2.24, 2.45) is 10.8 Å².